The summed E-state index contributed by atoms with van der Waals surface area (Å²) in [6.07, 6.45) is 0. The minimum absolute atomic E-state index is 1.10. The SMILES string of the molecule is Cc1ccc2c(-c3ccccc3)c3ccccc3c(-c3cccc4c(N(c5ccccc5)c5ccc(-n6c7ccccc7c7ccccc76)cc5)cccc34)c2c1.c1ccc(N(c2ccc(-n3c4ccccc4c4ccccc43)cc2)c2cccc3c(-c4c5ccccc5c(-c5ccc6ccccc6c5)c5ccccc45)cccc23)cc1. The molecule has 0 fully saturated rings. The summed E-state index contributed by atoms with van der Waals surface area (Å²) in [5, 5.41) is 22.4. The Morgan fingerprint density at radius 1 is 0.179 bits per heavy atom. The summed E-state index contributed by atoms with van der Waals surface area (Å²) in [5.41, 5.74) is 25.0. The van der Waals surface area contributed by atoms with Gasteiger partial charge in [0, 0.05) is 66.4 Å². The number of rotatable bonds is 12. The van der Waals surface area contributed by atoms with E-state index < -0.39 is 0 Å². The zero-order valence-electron chi connectivity index (χ0n) is 64.4. The third-order valence-corrected chi connectivity index (χ3v) is 24.0. The summed E-state index contributed by atoms with van der Waals surface area (Å²) < 4.78 is 4.76. The lowest BCUT2D eigenvalue weighted by Gasteiger charge is -2.27. The van der Waals surface area contributed by atoms with Crippen LogP contribution in [0.25, 0.3) is 175 Å². The molecule has 0 aliphatic rings. The van der Waals surface area contributed by atoms with Gasteiger partial charge in [-0.15, -0.1) is 0 Å². The molecule has 0 amide bonds. The molecule has 21 aromatic carbocycles. The molecule has 2 aromatic heterocycles. The summed E-state index contributed by atoms with van der Waals surface area (Å²) in [6.45, 7) is 2.20. The molecule has 0 aliphatic carbocycles. The topological polar surface area (TPSA) is 16.3 Å². The van der Waals surface area contributed by atoms with Gasteiger partial charge in [-0.1, -0.05) is 333 Å². The molecule has 0 bridgehead atoms. The number of para-hydroxylation sites is 6. The van der Waals surface area contributed by atoms with Gasteiger partial charge in [-0.25, -0.2) is 0 Å². The van der Waals surface area contributed by atoms with Gasteiger partial charge >= 0.3 is 0 Å². The fraction of sp³-hybridized carbons (Fsp3) is 0.00885. The van der Waals surface area contributed by atoms with Crippen LogP contribution < -0.4 is 9.80 Å². The number of aromatic nitrogens is 2. The monoisotopic (exact) mass is 1490 g/mol. The molecule has 548 valence electrons. The number of aryl methyl sites for hydroxylation is 1. The van der Waals surface area contributed by atoms with E-state index in [4.69, 9.17) is 0 Å². The average molecular weight is 1490 g/mol. The standard InChI is InChI=1S/C58H38N2.C55H38N2/c1-2-18-42(19-3-1)59(43-34-36-44(37-35-43)60-55-29-12-10-20-47(55)48-21-11-13-30-56(48)60)54-31-15-26-45-46(54)27-14-28-49(45)58-52-24-8-6-22-50(52)57(51-23-7-9-25-53(51)58)41-33-32-39-16-4-5-17-40(39)38-41;1-37-30-35-49-50(36-37)55(48-23-9-8-22-47(48)54(49)38-16-4-2-5-17-38)46-26-14-25-43-42(46)24-15-29-51(43)56(39-18-6-3-7-19-39)40-31-33-41(34-32-40)57-52-27-12-10-20-44(52)45-21-11-13-28-53(45)57/h1-38H;2-36H,1H3. The Morgan fingerprint density at radius 2 is 0.496 bits per heavy atom. The van der Waals surface area contributed by atoms with Gasteiger partial charge in [0.15, 0.2) is 0 Å². The van der Waals surface area contributed by atoms with Crippen LogP contribution in [-0.2, 0) is 0 Å². The zero-order valence-corrected chi connectivity index (χ0v) is 64.4. The van der Waals surface area contributed by atoms with Gasteiger partial charge in [0.1, 0.15) is 0 Å². The number of hydrogen-bond acceptors (Lipinski definition) is 2. The van der Waals surface area contributed by atoms with Crippen molar-refractivity contribution in [1.29, 1.82) is 0 Å². The molecule has 0 atom stereocenters. The molecule has 4 nitrogen and oxygen atoms in total. The van der Waals surface area contributed by atoms with Crippen LogP contribution in [-0.4, -0.2) is 9.13 Å². The highest BCUT2D eigenvalue weighted by Gasteiger charge is 2.25. The second kappa shape index (κ2) is 28.7. The van der Waals surface area contributed by atoms with Crippen LogP contribution in [0.3, 0.4) is 0 Å². The van der Waals surface area contributed by atoms with Crippen molar-refractivity contribution in [3.05, 3.63) is 448 Å². The van der Waals surface area contributed by atoms with Gasteiger partial charge in [-0.05, 0) is 231 Å². The van der Waals surface area contributed by atoms with Crippen LogP contribution in [0.2, 0.25) is 0 Å². The van der Waals surface area contributed by atoms with E-state index in [1.807, 2.05) is 0 Å². The van der Waals surface area contributed by atoms with Crippen LogP contribution in [0.1, 0.15) is 5.56 Å². The average Bonchev–Trinajstić information content (AvgIpc) is 1.71. The second-order valence-electron chi connectivity index (χ2n) is 30.6. The van der Waals surface area contributed by atoms with Crippen LogP contribution in [0.5, 0.6) is 0 Å². The Morgan fingerprint density at radius 3 is 0.932 bits per heavy atom. The van der Waals surface area contributed by atoms with Crippen LogP contribution >= 0.6 is 0 Å². The number of nitrogens with zero attached hydrogens (tertiary/aromatic N) is 4. The lowest BCUT2D eigenvalue weighted by Crippen LogP contribution is -2.10. The number of fused-ring (bicyclic) bond motifs is 13. The van der Waals surface area contributed by atoms with Gasteiger partial charge in [0.25, 0.3) is 0 Å². The highest BCUT2D eigenvalue weighted by atomic mass is 15.2. The van der Waals surface area contributed by atoms with E-state index in [0.717, 1.165) is 45.5 Å². The van der Waals surface area contributed by atoms with Crippen molar-refractivity contribution in [2.75, 3.05) is 9.80 Å². The minimum atomic E-state index is 1.10. The maximum absolute atomic E-state index is 2.40. The molecule has 23 aromatic rings. The van der Waals surface area contributed by atoms with E-state index in [-0.39, 0.29) is 0 Å². The van der Waals surface area contributed by atoms with Gasteiger partial charge in [-0.3, -0.25) is 0 Å². The predicted octanol–water partition coefficient (Wildman–Crippen LogP) is 31.6. The zero-order chi connectivity index (χ0) is 77.4. The normalized spacial score (nSPS) is 11.6. The van der Waals surface area contributed by atoms with Gasteiger partial charge in [-0.2, -0.15) is 0 Å². The Balaban J connectivity index is 0.000000142. The molecule has 4 heteroatoms. The molecule has 0 aliphatic heterocycles. The van der Waals surface area contributed by atoms with Crippen molar-refractivity contribution >= 4 is 153 Å². The van der Waals surface area contributed by atoms with Crippen molar-refractivity contribution in [3.8, 4) is 55.9 Å². The van der Waals surface area contributed by atoms with E-state index in [1.54, 1.807) is 0 Å². The first kappa shape index (κ1) is 68.4. The first-order valence-electron chi connectivity index (χ1n) is 40.4. The number of anilines is 6. The summed E-state index contributed by atoms with van der Waals surface area (Å²) in [7, 11) is 0. The lowest BCUT2D eigenvalue weighted by atomic mass is 9.84. The van der Waals surface area contributed by atoms with E-state index in [0.29, 0.717) is 0 Å². The van der Waals surface area contributed by atoms with Gasteiger partial charge < -0.3 is 18.9 Å². The van der Waals surface area contributed by atoms with Crippen molar-refractivity contribution in [3.63, 3.8) is 0 Å². The highest BCUT2D eigenvalue weighted by Crippen LogP contribution is 2.51. The van der Waals surface area contributed by atoms with Gasteiger partial charge in [0.05, 0.1) is 33.4 Å². The van der Waals surface area contributed by atoms with Gasteiger partial charge in [0.2, 0.25) is 0 Å². The van der Waals surface area contributed by atoms with E-state index in [9.17, 15) is 0 Å². The van der Waals surface area contributed by atoms with E-state index >= 15 is 0 Å². The van der Waals surface area contributed by atoms with E-state index in [1.165, 1.54) is 169 Å². The largest absolute Gasteiger partial charge is 0.310 e. The van der Waals surface area contributed by atoms with Crippen molar-refractivity contribution in [2.45, 2.75) is 6.92 Å². The van der Waals surface area contributed by atoms with Crippen LogP contribution in [0.4, 0.5) is 34.1 Å². The smallest absolute Gasteiger partial charge is 0.0541 e. The fourth-order valence-corrected chi connectivity index (χ4v) is 18.9. The molecular formula is C113H76N4. The number of hydrogen-bond donors (Lipinski definition) is 0. The summed E-state index contributed by atoms with van der Waals surface area (Å²) in [5.74, 6) is 0. The van der Waals surface area contributed by atoms with E-state index in [2.05, 4.69) is 469 Å². The maximum Gasteiger partial charge on any atom is 0.0541 e. The van der Waals surface area contributed by atoms with Crippen molar-refractivity contribution in [2.24, 2.45) is 0 Å². The Kier molecular flexibility index (Phi) is 16.8. The fourth-order valence-electron chi connectivity index (χ4n) is 18.9. The Hall–Kier alpha value is -15.4. The molecule has 0 radical (unpaired) electrons. The summed E-state index contributed by atoms with van der Waals surface area (Å²) in [6, 6.07) is 162. The maximum atomic E-state index is 2.40. The first-order valence-corrected chi connectivity index (χ1v) is 40.4. The minimum Gasteiger partial charge on any atom is -0.310 e. The predicted molar refractivity (Wildman–Crippen MR) is 500 cm³/mol. The molecule has 117 heavy (non-hydrogen) atoms. The summed E-state index contributed by atoms with van der Waals surface area (Å²) in [4.78, 5) is 4.81. The van der Waals surface area contributed by atoms with Crippen molar-refractivity contribution in [1.82, 2.24) is 9.13 Å². The third-order valence-electron chi connectivity index (χ3n) is 24.0. The first-order chi connectivity index (χ1) is 58.0. The molecular weight excluding hydrogens is 1410 g/mol. The highest BCUT2D eigenvalue weighted by molar-refractivity contribution is 6.26. The van der Waals surface area contributed by atoms with Crippen LogP contribution in [0, 0.1) is 6.92 Å². The molecule has 0 N–H and O–H groups in total. The molecule has 0 saturated heterocycles. The second-order valence-corrected chi connectivity index (χ2v) is 30.6. The quantitative estimate of drug-likeness (QED) is 0.113. The molecule has 0 saturated carbocycles. The molecule has 23 rings (SSSR count). The molecule has 0 unspecified atom stereocenters. The molecule has 2 heterocycles. The molecule has 0 spiro atoms. The Labute approximate surface area is 678 Å². The Bertz CT molecular complexity index is 7650. The third kappa shape index (κ3) is 11.6. The van der Waals surface area contributed by atoms with Crippen LogP contribution in [0.15, 0.2) is 443 Å². The number of benzene rings is 21. The van der Waals surface area contributed by atoms with Crippen molar-refractivity contribution < 1.29 is 0 Å². The lowest BCUT2D eigenvalue weighted by molar-refractivity contribution is 1.17. The summed E-state index contributed by atoms with van der Waals surface area (Å²) >= 11 is 0.